The van der Waals surface area contributed by atoms with E-state index in [1.54, 1.807) is 45.0 Å². The Morgan fingerprint density at radius 3 is 2.20 bits per heavy atom. The van der Waals surface area contributed by atoms with Crippen LogP contribution in [0.4, 0.5) is 22.8 Å². The van der Waals surface area contributed by atoms with Crippen molar-refractivity contribution in [2.24, 2.45) is 11.3 Å². The second-order valence-electron chi connectivity index (χ2n) is 13.3. The molecule has 4 rings (SSSR count). The van der Waals surface area contributed by atoms with Crippen LogP contribution in [0.25, 0.3) is 0 Å². The number of fused-ring (bicyclic) bond motifs is 1. The number of carbonyl (C=O) groups is 3. The van der Waals surface area contributed by atoms with Crippen molar-refractivity contribution in [2.75, 3.05) is 34.0 Å². The molecule has 0 radical (unpaired) electrons. The quantitative estimate of drug-likeness (QED) is 0.210. The van der Waals surface area contributed by atoms with E-state index in [-0.39, 0.29) is 32.0 Å². The van der Waals surface area contributed by atoms with Gasteiger partial charge in [-0.3, -0.25) is 10.2 Å². The van der Waals surface area contributed by atoms with Crippen molar-refractivity contribution >= 4 is 18.1 Å². The summed E-state index contributed by atoms with van der Waals surface area (Å²) in [7, 11) is 2.68. The number of hydrazine groups is 1. The van der Waals surface area contributed by atoms with Crippen molar-refractivity contribution in [3.05, 3.63) is 59.7 Å². The molecule has 0 spiro atoms. The van der Waals surface area contributed by atoms with Crippen molar-refractivity contribution in [1.29, 1.82) is 0 Å². The van der Waals surface area contributed by atoms with Gasteiger partial charge < -0.3 is 44.2 Å². The fourth-order valence-electron chi connectivity index (χ4n) is 5.76. The van der Waals surface area contributed by atoms with E-state index < -0.39 is 66.2 Å². The van der Waals surface area contributed by atoms with E-state index in [4.69, 9.17) is 23.7 Å². The highest BCUT2D eigenvalue weighted by Gasteiger charge is 2.44. The Morgan fingerprint density at radius 1 is 0.941 bits per heavy atom. The highest BCUT2D eigenvalue weighted by molar-refractivity contribution is 5.86. The largest absolute Gasteiger partial charge is 0.573 e. The predicted octanol–water partition coefficient (Wildman–Crippen LogP) is 3.66. The number of halogens is 3. The standard InChI is InChI=1S/C34H45F3N4O10/c1-33(2,3)28(39-31(44)47-5)29(43)40-41(17-21-8-12-23(13-9-21)51-34(35,36)37)18-26(42)25(16-20-6-10-22(46-4)11-7-20)38-32(45)50-27-19-49-30-24(27)14-15-48-30/h6-13,24-28,30,42H,14-19H2,1-5H3,(H,38,45)(H,39,44)(H,40,43). The van der Waals surface area contributed by atoms with Crippen LogP contribution in [0.1, 0.15) is 38.3 Å². The lowest BCUT2D eigenvalue weighted by atomic mass is 9.86. The molecule has 2 aromatic rings. The van der Waals surface area contributed by atoms with E-state index in [1.807, 2.05) is 0 Å². The summed E-state index contributed by atoms with van der Waals surface area (Å²) in [5, 5.41) is 18.3. The fourth-order valence-corrected chi connectivity index (χ4v) is 5.76. The number of rotatable bonds is 14. The SMILES string of the molecule is COC(=O)NC(C(=O)NN(Cc1ccc(OC(F)(F)F)cc1)CC(O)C(Cc1ccc(OC)cc1)NC(=O)OC1COC2OCCC12)C(C)(C)C. The maximum absolute atomic E-state index is 13.6. The summed E-state index contributed by atoms with van der Waals surface area (Å²) in [5.41, 5.74) is 3.10. The molecule has 2 aromatic carbocycles. The molecule has 0 aliphatic carbocycles. The van der Waals surface area contributed by atoms with Gasteiger partial charge in [0.15, 0.2) is 6.29 Å². The lowest BCUT2D eigenvalue weighted by Crippen LogP contribution is -2.59. The highest BCUT2D eigenvalue weighted by atomic mass is 19.4. The third-order valence-corrected chi connectivity index (χ3v) is 8.41. The average molecular weight is 727 g/mol. The molecule has 2 aliphatic rings. The number of amides is 3. The summed E-state index contributed by atoms with van der Waals surface area (Å²) in [5.74, 6) is -0.617. The molecule has 0 saturated carbocycles. The monoisotopic (exact) mass is 726 g/mol. The van der Waals surface area contributed by atoms with E-state index in [9.17, 15) is 32.7 Å². The Balaban J connectivity index is 1.57. The first kappa shape index (κ1) is 39.5. The predicted molar refractivity (Wildman–Crippen MR) is 174 cm³/mol. The molecule has 6 unspecified atom stereocenters. The van der Waals surface area contributed by atoms with Gasteiger partial charge in [-0.25, -0.2) is 14.6 Å². The van der Waals surface area contributed by atoms with Crippen molar-refractivity contribution in [2.45, 2.75) is 77.1 Å². The number of methoxy groups -OCH3 is 2. The molecule has 6 atom stereocenters. The first-order valence-electron chi connectivity index (χ1n) is 16.3. The third kappa shape index (κ3) is 11.9. The molecule has 2 heterocycles. The van der Waals surface area contributed by atoms with Gasteiger partial charge in [-0.15, -0.1) is 13.2 Å². The van der Waals surface area contributed by atoms with Crippen LogP contribution >= 0.6 is 0 Å². The number of benzene rings is 2. The van der Waals surface area contributed by atoms with Crippen LogP contribution in [0.15, 0.2) is 48.5 Å². The first-order valence-corrected chi connectivity index (χ1v) is 16.3. The Hall–Kier alpha value is -4.32. The van der Waals surface area contributed by atoms with Crippen LogP contribution in [-0.4, -0.2) is 99.1 Å². The molecule has 2 saturated heterocycles. The Kier molecular flexibility index (Phi) is 13.4. The minimum atomic E-state index is -4.88. The number of alkyl carbamates (subject to hydrolysis) is 2. The molecule has 3 amide bonds. The molecule has 4 N–H and O–H groups in total. The van der Waals surface area contributed by atoms with Crippen LogP contribution in [0.2, 0.25) is 0 Å². The van der Waals surface area contributed by atoms with Crippen LogP contribution in [0.3, 0.4) is 0 Å². The minimum absolute atomic E-state index is 0.105. The van der Waals surface area contributed by atoms with Gasteiger partial charge in [0.25, 0.3) is 5.91 Å². The topological polar surface area (TPSA) is 166 Å². The molecule has 2 fully saturated rings. The number of aliphatic hydroxyl groups excluding tert-OH is 1. The number of carbonyl (C=O) groups excluding carboxylic acids is 3. The molecule has 14 nitrogen and oxygen atoms in total. The van der Waals surface area contributed by atoms with Crippen LogP contribution in [0, 0.1) is 11.3 Å². The lowest BCUT2D eigenvalue weighted by molar-refractivity contribution is -0.274. The number of ether oxygens (including phenoxy) is 6. The zero-order valence-electron chi connectivity index (χ0n) is 29.0. The number of hydrogen-bond donors (Lipinski definition) is 4. The van der Waals surface area contributed by atoms with Crippen molar-refractivity contribution in [3.8, 4) is 11.5 Å². The number of nitrogens with zero attached hydrogens (tertiary/aromatic N) is 1. The Bertz CT molecular complexity index is 1460. The molecule has 51 heavy (non-hydrogen) atoms. The van der Waals surface area contributed by atoms with E-state index in [0.29, 0.717) is 24.3 Å². The third-order valence-electron chi connectivity index (χ3n) is 8.41. The van der Waals surface area contributed by atoms with Crippen molar-refractivity contribution < 1.29 is 61.1 Å². The molecule has 0 bridgehead atoms. The summed E-state index contributed by atoms with van der Waals surface area (Å²) in [6, 6.07) is 9.91. The molecule has 282 valence electrons. The maximum Gasteiger partial charge on any atom is 0.573 e. The minimum Gasteiger partial charge on any atom is -0.497 e. The van der Waals surface area contributed by atoms with E-state index >= 15 is 0 Å². The molecular weight excluding hydrogens is 681 g/mol. The van der Waals surface area contributed by atoms with E-state index in [2.05, 4.69) is 20.8 Å². The van der Waals surface area contributed by atoms with Gasteiger partial charge in [-0.1, -0.05) is 45.0 Å². The summed E-state index contributed by atoms with van der Waals surface area (Å²) in [6.07, 6.45) is -8.06. The molecule has 17 heteroatoms. The Morgan fingerprint density at radius 2 is 1.59 bits per heavy atom. The van der Waals surface area contributed by atoms with Crippen molar-refractivity contribution in [1.82, 2.24) is 21.1 Å². The van der Waals surface area contributed by atoms with Gasteiger partial charge in [0.1, 0.15) is 23.6 Å². The van der Waals surface area contributed by atoms with Gasteiger partial charge in [-0.05, 0) is 53.6 Å². The first-order chi connectivity index (χ1) is 24.0. The summed E-state index contributed by atoms with van der Waals surface area (Å²) >= 11 is 0. The number of alkyl halides is 3. The number of aliphatic hydroxyl groups is 1. The van der Waals surface area contributed by atoms with Gasteiger partial charge in [-0.2, -0.15) is 0 Å². The van der Waals surface area contributed by atoms with Crippen LogP contribution in [0.5, 0.6) is 11.5 Å². The summed E-state index contributed by atoms with van der Waals surface area (Å²) in [4.78, 5) is 39.0. The van der Waals surface area contributed by atoms with Gasteiger partial charge in [0.2, 0.25) is 0 Å². The van der Waals surface area contributed by atoms with Crippen molar-refractivity contribution in [3.63, 3.8) is 0 Å². The van der Waals surface area contributed by atoms with Crippen LogP contribution in [-0.2, 0) is 36.7 Å². The maximum atomic E-state index is 13.6. The van der Waals surface area contributed by atoms with Gasteiger partial charge >= 0.3 is 18.5 Å². The smallest absolute Gasteiger partial charge is 0.497 e. The highest BCUT2D eigenvalue weighted by Crippen LogP contribution is 2.33. The number of nitrogens with one attached hydrogen (secondary N) is 3. The zero-order chi connectivity index (χ0) is 37.3. The van der Waals surface area contributed by atoms with Crippen LogP contribution < -0.4 is 25.5 Å². The fraction of sp³-hybridized carbons (Fsp3) is 0.559. The van der Waals surface area contributed by atoms with Gasteiger partial charge in [0.05, 0.1) is 45.5 Å². The normalized spacial score (nSPS) is 20.5. The summed E-state index contributed by atoms with van der Waals surface area (Å²) in [6.45, 7) is 5.43. The summed E-state index contributed by atoms with van der Waals surface area (Å²) < 4.78 is 69.0. The lowest BCUT2D eigenvalue weighted by Gasteiger charge is -2.34. The van der Waals surface area contributed by atoms with E-state index in [1.165, 1.54) is 24.3 Å². The second kappa shape index (κ2) is 17.3. The molecule has 2 aliphatic heterocycles. The second-order valence-corrected chi connectivity index (χ2v) is 13.3. The average Bonchev–Trinajstić information content (AvgIpc) is 3.68. The molecular formula is C34H45F3N4O10. The zero-order valence-corrected chi connectivity index (χ0v) is 29.0. The number of hydrogen-bond acceptors (Lipinski definition) is 11. The molecule has 0 aromatic heterocycles. The van der Waals surface area contributed by atoms with E-state index in [0.717, 1.165) is 24.8 Å². The van der Waals surface area contributed by atoms with Gasteiger partial charge in [0, 0.05) is 13.1 Å². The Labute approximate surface area is 293 Å².